The zero-order valence-corrected chi connectivity index (χ0v) is 19.9. The van der Waals surface area contributed by atoms with Crippen LogP contribution in [-0.2, 0) is 16.0 Å². The Morgan fingerprint density at radius 3 is 2.53 bits per heavy atom. The van der Waals surface area contributed by atoms with Gasteiger partial charge in [0.1, 0.15) is 11.4 Å². The normalized spacial score (nSPS) is 14.8. The number of nitrogens with zero attached hydrogens (tertiary/aromatic N) is 1. The molecule has 1 aliphatic rings. The summed E-state index contributed by atoms with van der Waals surface area (Å²) >= 11 is 0. The van der Waals surface area contributed by atoms with Crippen molar-refractivity contribution in [2.24, 2.45) is 5.92 Å². The minimum Gasteiger partial charge on any atom is -0.494 e. The molecule has 34 heavy (non-hydrogen) atoms. The Morgan fingerprint density at radius 1 is 1.06 bits per heavy atom. The fourth-order valence-electron chi connectivity index (χ4n) is 4.59. The number of hydrogen-bond donors (Lipinski definition) is 2. The van der Waals surface area contributed by atoms with Crippen LogP contribution in [0.25, 0.3) is 10.9 Å². The van der Waals surface area contributed by atoms with E-state index in [2.05, 4.69) is 39.5 Å². The molecule has 180 valence electrons. The minimum atomic E-state index is -0.492. The van der Waals surface area contributed by atoms with E-state index in [0.29, 0.717) is 24.0 Å². The summed E-state index contributed by atoms with van der Waals surface area (Å²) in [4.78, 5) is 30.8. The molecule has 1 saturated heterocycles. The Hall–Kier alpha value is -3.32. The van der Waals surface area contributed by atoms with Gasteiger partial charge in [-0.05, 0) is 75.9 Å². The maximum absolute atomic E-state index is 13.0. The van der Waals surface area contributed by atoms with Gasteiger partial charge in [0.05, 0.1) is 25.4 Å². The third kappa shape index (κ3) is 5.78. The topological polar surface area (TPSA) is 83.7 Å². The van der Waals surface area contributed by atoms with Crippen molar-refractivity contribution in [3.63, 3.8) is 0 Å². The average Bonchev–Trinajstić information content (AvgIpc) is 3.19. The lowest BCUT2D eigenvalue weighted by Gasteiger charge is -2.31. The monoisotopic (exact) mass is 463 g/mol. The number of carbonyl (C=O) groups is 2. The molecule has 0 spiro atoms. The fraction of sp³-hybridized carbons (Fsp3) is 0.407. The molecule has 1 aliphatic heterocycles. The van der Waals surface area contributed by atoms with Crippen molar-refractivity contribution in [2.75, 3.05) is 38.2 Å². The molecule has 1 aromatic heterocycles. The molecule has 0 saturated carbocycles. The Morgan fingerprint density at radius 2 is 1.82 bits per heavy atom. The van der Waals surface area contributed by atoms with Gasteiger partial charge in [-0.2, -0.15) is 0 Å². The van der Waals surface area contributed by atoms with Crippen LogP contribution < -0.4 is 10.1 Å². The highest BCUT2D eigenvalue weighted by molar-refractivity contribution is 6.11. The summed E-state index contributed by atoms with van der Waals surface area (Å²) in [5, 5.41) is 3.70. The zero-order chi connectivity index (χ0) is 23.9. The molecule has 7 nitrogen and oxygen atoms in total. The molecular formula is C27H33N3O4. The number of benzene rings is 2. The molecule has 0 bridgehead atoms. The Kier molecular flexibility index (Phi) is 7.85. The Bertz CT molecular complexity index is 1120. The van der Waals surface area contributed by atoms with Gasteiger partial charge in [-0.25, -0.2) is 4.79 Å². The summed E-state index contributed by atoms with van der Waals surface area (Å²) in [5.74, 6) is 0.687. The maximum Gasteiger partial charge on any atom is 0.356 e. The number of amides is 1. The quantitative estimate of drug-likeness (QED) is 0.452. The van der Waals surface area contributed by atoms with Crippen molar-refractivity contribution in [1.29, 1.82) is 0 Å². The standard InChI is InChI=1S/C27H33N3O4/c1-3-33-21-10-11-23-22(17-21)25(26(28-23)27(32)34-4-2)29-24(31)18-30-14-12-20(13-15-30)16-19-8-6-5-7-9-19/h5-11,17,20,28H,3-4,12-16,18H2,1-2H3,(H,29,31). The molecule has 2 heterocycles. The molecule has 1 fully saturated rings. The molecule has 0 unspecified atom stereocenters. The number of carbonyl (C=O) groups excluding carboxylic acids is 2. The first-order chi connectivity index (χ1) is 16.6. The highest BCUT2D eigenvalue weighted by Crippen LogP contribution is 2.32. The van der Waals surface area contributed by atoms with Crippen molar-refractivity contribution in [1.82, 2.24) is 9.88 Å². The van der Waals surface area contributed by atoms with Gasteiger partial charge in [-0.1, -0.05) is 30.3 Å². The van der Waals surface area contributed by atoms with E-state index in [4.69, 9.17) is 9.47 Å². The van der Waals surface area contributed by atoms with Gasteiger partial charge < -0.3 is 19.8 Å². The molecule has 2 N–H and O–H groups in total. The first-order valence-corrected chi connectivity index (χ1v) is 12.1. The molecule has 0 radical (unpaired) electrons. The molecule has 3 aromatic rings. The lowest BCUT2D eigenvalue weighted by atomic mass is 9.90. The number of likely N-dealkylation sites (tertiary alicyclic amines) is 1. The second-order valence-corrected chi connectivity index (χ2v) is 8.69. The summed E-state index contributed by atoms with van der Waals surface area (Å²) in [6, 6.07) is 16.1. The summed E-state index contributed by atoms with van der Waals surface area (Å²) in [6.45, 7) is 6.52. The van der Waals surface area contributed by atoms with Crippen LogP contribution in [0.4, 0.5) is 5.69 Å². The van der Waals surface area contributed by atoms with E-state index in [1.807, 2.05) is 31.2 Å². The largest absolute Gasteiger partial charge is 0.494 e. The van der Waals surface area contributed by atoms with E-state index in [1.54, 1.807) is 6.92 Å². The summed E-state index contributed by atoms with van der Waals surface area (Å²) in [6.07, 6.45) is 3.23. The zero-order valence-electron chi connectivity index (χ0n) is 19.9. The Labute approximate surface area is 200 Å². The number of aromatic nitrogens is 1. The molecule has 4 rings (SSSR count). The number of anilines is 1. The number of nitrogens with one attached hydrogen (secondary N) is 2. The van der Waals surface area contributed by atoms with Gasteiger partial charge in [0.25, 0.3) is 0 Å². The van der Waals surface area contributed by atoms with Crippen LogP contribution in [0.1, 0.15) is 42.7 Å². The van der Waals surface area contributed by atoms with E-state index < -0.39 is 5.97 Å². The average molecular weight is 464 g/mol. The SMILES string of the molecule is CCOC(=O)c1[nH]c2ccc(OCC)cc2c1NC(=O)CN1CCC(Cc2ccccc2)CC1. The molecular weight excluding hydrogens is 430 g/mol. The third-order valence-corrected chi connectivity index (χ3v) is 6.27. The van der Waals surface area contributed by atoms with Crippen LogP contribution in [0.2, 0.25) is 0 Å². The van der Waals surface area contributed by atoms with Crippen molar-refractivity contribution in [3.05, 3.63) is 59.8 Å². The smallest absolute Gasteiger partial charge is 0.356 e. The van der Waals surface area contributed by atoms with Crippen molar-refractivity contribution in [2.45, 2.75) is 33.1 Å². The summed E-state index contributed by atoms with van der Waals surface area (Å²) in [5.41, 5.74) is 2.80. The van der Waals surface area contributed by atoms with Crippen LogP contribution in [0.15, 0.2) is 48.5 Å². The van der Waals surface area contributed by atoms with Crippen LogP contribution in [-0.4, -0.2) is 54.6 Å². The van der Waals surface area contributed by atoms with Crippen LogP contribution in [0.5, 0.6) is 5.75 Å². The molecule has 2 aromatic carbocycles. The third-order valence-electron chi connectivity index (χ3n) is 6.27. The second kappa shape index (κ2) is 11.2. The van der Waals surface area contributed by atoms with Gasteiger partial charge in [0, 0.05) is 10.9 Å². The van der Waals surface area contributed by atoms with Gasteiger partial charge >= 0.3 is 5.97 Å². The number of hydrogen-bond acceptors (Lipinski definition) is 5. The Balaban J connectivity index is 1.42. The predicted octanol–water partition coefficient (Wildman–Crippen LogP) is 4.64. The van der Waals surface area contributed by atoms with E-state index in [1.165, 1.54) is 5.56 Å². The maximum atomic E-state index is 13.0. The minimum absolute atomic E-state index is 0.144. The van der Waals surface area contributed by atoms with Crippen LogP contribution in [0.3, 0.4) is 0 Å². The number of fused-ring (bicyclic) bond motifs is 1. The first-order valence-electron chi connectivity index (χ1n) is 12.1. The van der Waals surface area contributed by atoms with Crippen molar-refractivity contribution in [3.8, 4) is 5.75 Å². The van der Waals surface area contributed by atoms with E-state index in [-0.39, 0.29) is 24.8 Å². The van der Waals surface area contributed by atoms with Gasteiger partial charge in [0.15, 0.2) is 0 Å². The van der Waals surface area contributed by atoms with E-state index in [9.17, 15) is 9.59 Å². The van der Waals surface area contributed by atoms with Gasteiger partial charge in [0.2, 0.25) is 5.91 Å². The van der Waals surface area contributed by atoms with Crippen LogP contribution in [0, 0.1) is 5.92 Å². The number of aromatic amines is 1. The highest BCUT2D eigenvalue weighted by atomic mass is 16.5. The molecule has 1 amide bonds. The van der Waals surface area contributed by atoms with Crippen molar-refractivity contribution >= 4 is 28.5 Å². The van der Waals surface area contributed by atoms with Gasteiger partial charge in [-0.3, -0.25) is 9.69 Å². The number of esters is 1. The lowest BCUT2D eigenvalue weighted by molar-refractivity contribution is -0.117. The summed E-state index contributed by atoms with van der Waals surface area (Å²) < 4.78 is 10.8. The second-order valence-electron chi connectivity index (χ2n) is 8.69. The molecule has 7 heteroatoms. The first kappa shape index (κ1) is 23.8. The van der Waals surface area contributed by atoms with E-state index >= 15 is 0 Å². The number of H-pyrrole nitrogens is 1. The lowest BCUT2D eigenvalue weighted by Crippen LogP contribution is -2.39. The highest BCUT2D eigenvalue weighted by Gasteiger charge is 2.24. The van der Waals surface area contributed by atoms with Crippen LogP contribution >= 0.6 is 0 Å². The fourth-order valence-corrected chi connectivity index (χ4v) is 4.59. The number of piperidine rings is 1. The predicted molar refractivity (Wildman–Crippen MR) is 133 cm³/mol. The van der Waals surface area contributed by atoms with Gasteiger partial charge in [-0.15, -0.1) is 0 Å². The van der Waals surface area contributed by atoms with E-state index in [0.717, 1.165) is 43.3 Å². The summed E-state index contributed by atoms with van der Waals surface area (Å²) in [7, 11) is 0. The number of rotatable bonds is 9. The van der Waals surface area contributed by atoms with Crippen molar-refractivity contribution < 1.29 is 19.1 Å². The molecule has 0 aliphatic carbocycles. The molecule has 0 atom stereocenters. The number of ether oxygens (including phenoxy) is 2.